The van der Waals surface area contributed by atoms with E-state index >= 15 is 0 Å². The highest BCUT2D eigenvalue weighted by atomic mass is 16.5. The quantitative estimate of drug-likeness (QED) is 0.909. The number of hydrogen-bond donors (Lipinski definition) is 1. The van der Waals surface area contributed by atoms with Crippen molar-refractivity contribution >= 4 is 0 Å². The van der Waals surface area contributed by atoms with Crippen molar-refractivity contribution in [2.75, 3.05) is 0 Å². The fraction of sp³-hybridized carbons (Fsp3) is 0.200. The number of aliphatic hydroxyl groups is 1. The molecule has 0 aliphatic carbocycles. The number of aryl methyl sites for hydroxylation is 1. The zero-order chi connectivity index (χ0) is 13.7. The minimum atomic E-state index is -0.170. The normalized spacial score (nSPS) is 9.95. The van der Waals surface area contributed by atoms with E-state index in [0.29, 0.717) is 17.0 Å². The molecule has 0 amide bonds. The topological polar surface area (TPSA) is 66.1 Å². The van der Waals surface area contributed by atoms with Crippen LogP contribution in [0, 0.1) is 18.3 Å². The Balaban J connectivity index is 2.17. The van der Waals surface area contributed by atoms with Gasteiger partial charge in [-0.25, -0.2) is 0 Å². The highest BCUT2D eigenvalue weighted by molar-refractivity contribution is 5.37. The highest BCUT2D eigenvalue weighted by Gasteiger charge is 2.07. The molecule has 1 N–H and O–H groups in total. The molecule has 0 radical (unpaired) electrons. The second kappa shape index (κ2) is 5.98. The van der Waals surface area contributed by atoms with Crippen LogP contribution in [0.2, 0.25) is 0 Å². The van der Waals surface area contributed by atoms with Gasteiger partial charge in [0.25, 0.3) is 0 Å². The van der Waals surface area contributed by atoms with Crippen molar-refractivity contribution in [3.8, 4) is 11.8 Å². The Morgan fingerprint density at radius 2 is 2.05 bits per heavy atom. The van der Waals surface area contributed by atoms with Crippen molar-refractivity contribution in [1.29, 1.82) is 5.26 Å². The van der Waals surface area contributed by atoms with Gasteiger partial charge < -0.3 is 9.84 Å². The van der Waals surface area contributed by atoms with Crippen molar-refractivity contribution in [1.82, 2.24) is 4.98 Å². The van der Waals surface area contributed by atoms with Crippen LogP contribution in [0.5, 0.6) is 5.75 Å². The highest BCUT2D eigenvalue weighted by Crippen LogP contribution is 2.19. The Hall–Kier alpha value is -2.38. The first-order valence-electron chi connectivity index (χ1n) is 5.92. The second-order valence-electron chi connectivity index (χ2n) is 4.11. The number of nitrogens with zero attached hydrogens (tertiary/aromatic N) is 2. The molecule has 1 aromatic carbocycles. The summed E-state index contributed by atoms with van der Waals surface area (Å²) in [7, 11) is 0. The molecule has 0 atom stereocenters. The Bertz CT molecular complexity index is 618. The number of ether oxygens (including phenoxy) is 1. The lowest BCUT2D eigenvalue weighted by Gasteiger charge is -2.10. The minimum absolute atomic E-state index is 0.170. The number of aromatic nitrogens is 1. The maximum absolute atomic E-state index is 9.25. The van der Waals surface area contributed by atoms with Crippen molar-refractivity contribution in [3.63, 3.8) is 0 Å². The SMILES string of the molecule is Cc1ccc(OCc2ccccc2C#N)c(CO)n1. The third-order valence-electron chi connectivity index (χ3n) is 2.74. The van der Waals surface area contributed by atoms with Crippen molar-refractivity contribution in [3.05, 3.63) is 58.9 Å². The van der Waals surface area contributed by atoms with Crippen LogP contribution < -0.4 is 4.74 Å². The molecule has 4 heteroatoms. The van der Waals surface area contributed by atoms with Crippen LogP contribution >= 0.6 is 0 Å². The van der Waals surface area contributed by atoms with E-state index in [1.54, 1.807) is 12.1 Å². The van der Waals surface area contributed by atoms with Crippen molar-refractivity contribution in [2.45, 2.75) is 20.1 Å². The Labute approximate surface area is 111 Å². The second-order valence-corrected chi connectivity index (χ2v) is 4.11. The largest absolute Gasteiger partial charge is 0.487 e. The van der Waals surface area contributed by atoms with E-state index < -0.39 is 0 Å². The Kier molecular flexibility index (Phi) is 4.11. The predicted molar refractivity (Wildman–Crippen MR) is 70.4 cm³/mol. The third-order valence-corrected chi connectivity index (χ3v) is 2.74. The first kappa shape index (κ1) is 13.1. The van der Waals surface area contributed by atoms with Gasteiger partial charge in [0.2, 0.25) is 0 Å². The molecule has 1 aromatic heterocycles. The number of aliphatic hydroxyl groups excluding tert-OH is 1. The number of hydrogen-bond acceptors (Lipinski definition) is 4. The summed E-state index contributed by atoms with van der Waals surface area (Å²) >= 11 is 0. The summed E-state index contributed by atoms with van der Waals surface area (Å²) in [6.07, 6.45) is 0. The van der Waals surface area contributed by atoms with Crippen LogP contribution in [0.15, 0.2) is 36.4 Å². The maximum Gasteiger partial charge on any atom is 0.143 e. The van der Waals surface area contributed by atoms with Crippen LogP contribution in [0.25, 0.3) is 0 Å². The molecule has 0 saturated carbocycles. The monoisotopic (exact) mass is 254 g/mol. The maximum atomic E-state index is 9.25. The number of rotatable bonds is 4. The zero-order valence-electron chi connectivity index (χ0n) is 10.6. The van der Waals surface area contributed by atoms with E-state index in [-0.39, 0.29) is 13.2 Å². The molecule has 0 spiro atoms. The number of nitriles is 1. The van der Waals surface area contributed by atoms with Gasteiger partial charge >= 0.3 is 0 Å². The average molecular weight is 254 g/mol. The van der Waals surface area contributed by atoms with Gasteiger partial charge in [-0.1, -0.05) is 18.2 Å². The zero-order valence-corrected chi connectivity index (χ0v) is 10.6. The molecule has 19 heavy (non-hydrogen) atoms. The van der Waals surface area contributed by atoms with Gasteiger partial charge in [-0.05, 0) is 25.1 Å². The summed E-state index contributed by atoms with van der Waals surface area (Å²) in [5, 5.41) is 18.2. The third kappa shape index (κ3) is 3.09. The van der Waals surface area contributed by atoms with E-state index in [0.717, 1.165) is 11.3 Å². The van der Waals surface area contributed by atoms with Crippen LogP contribution in [-0.2, 0) is 13.2 Å². The van der Waals surface area contributed by atoms with Gasteiger partial charge in [-0.2, -0.15) is 5.26 Å². The standard InChI is InChI=1S/C15H14N2O2/c1-11-6-7-15(14(9-18)17-11)19-10-13-5-3-2-4-12(13)8-16/h2-7,18H,9-10H2,1H3. The molecule has 0 bridgehead atoms. The molecule has 96 valence electrons. The Morgan fingerprint density at radius 3 is 2.79 bits per heavy atom. The van der Waals surface area contributed by atoms with E-state index in [2.05, 4.69) is 11.1 Å². The first-order valence-corrected chi connectivity index (χ1v) is 5.92. The first-order chi connectivity index (χ1) is 9.24. The van der Waals surface area contributed by atoms with Gasteiger partial charge in [0, 0.05) is 11.3 Å². The Morgan fingerprint density at radius 1 is 1.26 bits per heavy atom. The smallest absolute Gasteiger partial charge is 0.143 e. The molecule has 4 nitrogen and oxygen atoms in total. The molecule has 2 aromatic rings. The number of pyridine rings is 1. The molecule has 1 heterocycles. The lowest BCUT2D eigenvalue weighted by molar-refractivity contribution is 0.253. The molecule has 0 fully saturated rings. The molecular weight excluding hydrogens is 240 g/mol. The van der Waals surface area contributed by atoms with Gasteiger partial charge in [0.15, 0.2) is 0 Å². The summed E-state index contributed by atoms with van der Waals surface area (Å²) in [4.78, 5) is 4.21. The van der Waals surface area contributed by atoms with Gasteiger partial charge in [-0.15, -0.1) is 0 Å². The lowest BCUT2D eigenvalue weighted by Crippen LogP contribution is -2.02. The fourth-order valence-electron chi connectivity index (χ4n) is 1.75. The predicted octanol–water partition coefficient (Wildman–Crippen LogP) is 2.33. The average Bonchev–Trinajstić information content (AvgIpc) is 2.46. The summed E-state index contributed by atoms with van der Waals surface area (Å²) in [6, 6.07) is 13.0. The van der Waals surface area contributed by atoms with E-state index in [1.807, 2.05) is 31.2 Å². The van der Waals surface area contributed by atoms with Crippen molar-refractivity contribution in [2.24, 2.45) is 0 Å². The molecule has 0 unspecified atom stereocenters. The van der Waals surface area contributed by atoms with Gasteiger partial charge in [0.1, 0.15) is 18.1 Å². The molecule has 2 rings (SSSR count). The summed E-state index contributed by atoms with van der Waals surface area (Å²) < 4.78 is 5.64. The lowest BCUT2D eigenvalue weighted by atomic mass is 10.1. The van der Waals surface area contributed by atoms with E-state index in [9.17, 15) is 5.11 Å². The van der Waals surface area contributed by atoms with E-state index in [1.165, 1.54) is 0 Å². The van der Waals surface area contributed by atoms with Gasteiger partial charge in [0.05, 0.1) is 18.2 Å². The van der Waals surface area contributed by atoms with Crippen LogP contribution in [-0.4, -0.2) is 10.1 Å². The fourth-order valence-corrected chi connectivity index (χ4v) is 1.75. The summed E-state index contributed by atoms with van der Waals surface area (Å²) in [5.41, 5.74) is 2.74. The van der Waals surface area contributed by atoms with Crippen LogP contribution in [0.1, 0.15) is 22.5 Å². The molecule has 0 saturated heterocycles. The minimum Gasteiger partial charge on any atom is -0.487 e. The van der Waals surface area contributed by atoms with Crippen LogP contribution in [0.3, 0.4) is 0 Å². The molecule has 0 aliphatic heterocycles. The molecular formula is C15H14N2O2. The van der Waals surface area contributed by atoms with Crippen molar-refractivity contribution < 1.29 is 9.84 Å². The van der Waals surface area contributed by atoms with Crippen LogP contribution in [0.4, 0.5) is 0 Å². The summed E-state index contributed by atoms with van der Waals surface area (Å²) in [6.45, 7) is 1.96. The van der Waals surface area contributed by atoms with E-state index in [4.69, 9.17) is 10.00 Å². The summed E-state index contributed by atoms with van der Waals surface area (Å²) in [5.74, 6) is 0.542. The molecule has 0 aliphatic rings. The van der Waals surface area contributed by atoms with Gasteiger partial charge in [-0.3, -0.25) is 4.98 Å². The number of benzene rings is 1.